The summed E-state index contributed by atoms with van der Waals surface area (Å²) in [5, 5.41) is 11.4. The number of hydrogen-bond donors (Lipinski definition) is 0. The maximum Gasteiger partial charge on any atom is 0.306 e. The molecule has 0 fully saturated rings. The minimum absolute atomic E-state index is 0.0563. The molecule has 0 radical (unpaired) electrons. The predicted molar refractivity (Wildman–Crippen MR) is 105 cm³/mol. The van der Waals surface area contributed by atoms with Crippen LogP contribution in [0.4, 0.5) is 15.2 Å². The summed E-state index contributed by atoms with van der Waals surface area (Å²) in [6.07, 6.45) is 1.31. The van der Waals surface area contributed by atoms with Crippen LogP contribution >= 0.6 is 11.5 Å². The van der Waals surface area contributed by atoms with Crippen molar-refractivity contribution >= 4 is 33.3 Å². The average Bonchev–Trinajstić information content (AvgIpc) is 3.26. The number of rotatable bonds is 8. The van der Waals surface area contributed by atoms with Crippen molar-refractivity contribution < 1.29 is 23.0 Å². The fourth-order valence-electron chi connectivity index (χ4n) is 2.48. The lowest BCUT2D eigenvalue weighted by Gasteiger charge is -2.21. The first kappa shape index (κ1) is 20.6. The highest BCUT2D eigenvalue weighted by Crippen LogP contribution is 2.31. The molecule has 29 heavy (non-hydrogen) atoms. The van der Waals surface area contributed by atoms with E-state index in [4.69, 9.17) is 9.47 Å². The summed E-state index contributed by atoms with van der Waals surface area (Å²) in [5.41, 5.74) is -0.0800. The van der Waals surface area contributed by atoms with Crippen molar-refractivity contribution in [1.29, 1.82) is 0 Å². The number of nitro benzene ring substituents is 1. The van der Waals surface area contributed by atoms with Crippen LogP contribution in [0.2, 0.25) is 0 Å². The van der Waals surface area contributed by atoms with Gasteiger partial charge in [-0.05, 0) is 24.3 Å². The van der Waals surface area contributed by atoms with Crippen molar-refractivity contribution in [3.63, 3.8) is 0 Å². The van der Waals surface area contributed by atoms with Gasteiger partial charge in [0.15, 0.2) is 11.0 Å². The number of nitrogens with zero attached hydrogens (tertiary/aromatic N) is 4. The Kier molecular flexibility index (Phi) is 6.34. The largest absolute Gasteiger partial charge is 0.497 e. The number of aromatic nitrogens is 2. The molecule has 9 nitrogen and oxygen atoms in total. The third kappa shape index (κ3) is 4.49. The van der Waals surface area contributed by atoms with Crippen molar-refractivity contribution in [2.75, 3.05) is 18.5 Å². The van der Waals surface area contributed by atoms with Crippen molar-refractivity contribution in [3.05, 3.63) is 64.2 Å². The maximum absolute atomic E-state index is 13.7. The summed E-state index contributed by atoms with van der Waals surface area (Å²) in [6.45, 7) is 0.0974. The van der Waals surface area contributed by atoms with Crippen molar-refractivity contribution in [2.45, 2.75) is 11.4 Å². The lowest BCUT2D eigenvalue weighted by Crippen LogP contribution is -2.25. The first-order valence-corrected chi connectivity index (χ1v) is 9.93. The first-order chi connectivity index (χ1) is 13.9. The topological polar surface area (TPSA) is 108 Å². The number of halogens is 1. The van der Waals surface area contributed by atoms with Crippen LogP contribution in [0.1, 0.15) is 5.56 Å². The molecule has 0 saturated carbocycles. The molecule has 12 heteroatoms. The normalized spacial score (nSPS) is 11.7. The van der Waals surface area contributed by atoms with Crippen LogP contribution in [0.15, 0.2) is 47.6 Å². The Balaban J connectivity index is 2.00. The van der Waals surface area contributed by atoms with Gasteiger partial charge in [0, 0.05) is 29.2 Å². The van der Waals surface area contributed by atoms with Crippen molar-refractivity contribution in [3.8, 4) is 11.5 Å². The Labute approximate surface area is 171 Å². The molecule has 0 spiro atoms. The van der Waals surface area contributed by atoms with E-state index in [9.17, 15) is 18.7 Å². The van der Waals surface area contributed by atoms with Gasteiger partial charge in [-0.15, -0.1) is 0 Å². The number of anilines is 1. The highest BCUT2D eigenvalue weighted by molar-refractivity contribution is 7.86. The molecule has 3 aromatic rings. The van der Waals surface area contributed by atoms with Gasteiger partial charge in [0.25, 0.3) is 0 Å². The first-order valence-electron chi connectivity index (χ1n) is 8.05. The smallest absolute Gasteiger partial charge is 0.306 e. The molecule has 0 aliphatic heterocycles. The van der Waals surface area contributed by atoms with E-state index in [2.05, 4.69) is 9.36 Å². The van der Waals surface area contributed by atoms with Crippen LogP contribution in [-0.2, 0) is 17.5 Å². The van der Waals surface area contributed by atoms with E-state index in [1.807, 2.05) is 0 Å². The number of hydrogen-bond acceptors (Lipinski definition) is 8. The number of benzene rings is 2. The molecule has 2 aromatic carbocycles. The minimum atomic E-state index is -1.92. The Hall–Kier alpha value is -3.12. The van der Waals surface area contributed by atoms with E-state index >= 15 is 0 Å². The van der Waals surface area contributed by atoms with Gasteiger partial charge in [0.1, 0.15) is 17.8 Å². The summed E-state index contributed by atoms with van der Waals surface area (Å²) >= 11 is 1.01. The second-order valence-corrected chi connectivity index (χ2v) is 7.73. The zero-order valence-electron chi connectivity index (χ0n) is 15.3. The van der Waals surface area contributed by atoms with Gasteiger partial charge in [-0.25, -0.2) is 9.19 Å². The zero-order valence-corrected chi connectivity index (χ0v) is 16.9. The van der Waals surface area contributed by atoms with Gasteiger partial charge in [-0.1, -0.05) is 0 Å². The Morgan fingerprint density at radius 2 is 2.03 bits per heavy atom. The Morgan fingerprint density at radius 1 is 1.24 bits per heavy atom. The van der Waals surface area contributed by atoms with Crippen molar-refractivity contribution in [1.82, 2.24) is 9.36 Å². The minimum Gasteiger partial charge on any atom is -0.497 e. The number of nitro groups is 1. The quantitative estimate of drug-likeness (QED) is 0.392. The van der Waals surface area contributed by atoms with Gasteiger partial charge < -0.3 is 9.47 Å². The molecule has 0 aliphatic carbocycles. The molecule has 0 bridgehead atoms. The summed E-state index contributed by atoms with van der Waals surface area (Å²) in [4.78, 5) is 14.3. The molecule has 0 N–H and O–H groups in total. The third-order valence-corrected chi connectivity index (χ3v) is 6.05. The van der Waals surface area contributed by atoms with E-state index in [1.165, 1.54) is 30.9 Å². The molecule has 1 unspecified atom stereocenters. The van der Waals surface area contributed by atoms with Crippen molar-refractivity contribution in [2.24, 2.45) is 0 Å². The van der Waals surface area contributed by atoms with Crippen LogP contribution in [0.3, 0.4) is 0 Å². The summed E-state index contributed by atoms with van der Waals surface area (Å²) in [5.74, 6) is 0.0827. The molecular weight excluding hydrogens is 423 g/mol. The fraction of sp³-hybridized carbons (Fsp3) is 0.176. The number of methoxy groups -OCH3 is 2. The molecule has 152 valence electrons. The highest BCUT2D eigenvalue weighted by Gasteiger charge is 2.24. The fourth-order valence-corrected chi connectivity index (χ4v) is 4.32. The van der Waals surface area contributed by atoms with Crippen LogP contribution < -0.4 is 13.8 Å². The maximum atomic E-state index is 13.7. The zero-order chi connectivity index (χ0) is 21.0. The molecule has 1 heterocycles. The van der Waals surface area contributed by atoms with Crippen LogP contribution in [0, 0.1) is 15.9 Å². The Morgan fingerprint density at radius 3 is 2.66 bits per heavy atom. The summed E-state index contributed by atoms with van der Waals surface area (Å²) in [6, 6.07) is 8.25. The molecule has 1 atom stereocenters. The molecular formula is C17H15FN4O5S2. The second-order valence-electron chi connectivity index (χ2n) is 5.56. The lowest BCUT2D eigenvalue weighted by molar-refractivity contribution is -0.387. The molecule has 0 aliphatic rings. The monoisotopic (exact) mass is 438 g/mol. The third-order valence-electron chi connectivity index (χ3n) is 3.89. The molecule has 1 aromatic heterocycles. The van der Waals surface area contributed by atoms with E-state index < -0.39 is 27.4 Å². The van der Waals surface area contributed by atoms with Gasteiger partial charge in [-0.2, -0.15) is 8.76 Å². The lowest BCUT2D eigenvalue weighted by atomic mass is 10.2. The second kappa shape index (κ2) is 8.92. The van der Waals surface area contributed by atoms with Crippen LogP contribution in [0.5, 0.6) is 11.5 Å². The summed E-state index contributed by atoms with van der Waals surface area (Å²) < 4.78 is 42.8. The van der Waals surface area contributed by atoms with Gasteiger partial charge in [-0.3, -0.25) is 14.4 Å². The van der Waals surface area contributed by atoms with E-state index in [1.54, 1.807) is 18.2 Å². The Bertz CT molecular complexity index is 1050. The highest BCUT2D eigenvalue weighted by atomic mass is 32.2. The predicted octanol–water partition coefficient (Wildman–Crippen LogP) is 3.33. The van der Waals surface area contributed by atoms with Gasteiger partial charge in [0.05, 0.1) is 30.6 Å². The van der Waals surface area contributed by atoms with E-state index in [0.29, 0.717) is 22.2 Å². The molecule has 0 amide bonds. The average molecular weight is 438 g/mol. The van der Waals surface area contributed by atoms with Gasteiger partial charge >= 0.3 is 5.69 Å². The molecule has 3 rings (SSSR count). The summed E-state index contributed by atoms with van der Waals surface area (Å²) in [7, 11) is 1.10. The SMILES string of the molecule is COc1ccc(CN(c2ncns2)S(=O)c2ccc(F)c([N+](=O)[O-])c2)c(OC)c1. The standard InChI is InChI=1S/C17H15FN4O5S2/c1-26-12-4-3-11(16(7-12)27-2)9-21(17-19-10-20-28-17)29(25)13-5-6-14(18)15(8-13)22(23)24/h3-8,10H,9H2,1-2H3. The number of ether oxygens (including phenoxy) is 2. The van der Waals surface area contributed by atoms with Crippen LogP contribution in [-0.4, -0.2) is 32.7 Å². The van der Waals surface area contributed by atoms with Crippen LogP contribution in [0.25, 0.3) is 0 Å². The van der Waals surface area contributed by atoms with E-state index in [-0.39, 0.29) is 11.4 Å². The molecule has 0 saturated heterocycles. The van der Waals surface area contributed by atoms with E-state index in [0.717, 1.165) is 23.7 Å². The van der Waals surface area contributed by atoms with Gasteiger partial charge in [0.2, 0.25) is 10.9 Å².